The van der Waals surface area contributed by atoms with Gasteiger partial charge in [0.15, 0.2) is 0 Å². The molecule has 226 valence electrons. The van der Waals surface area contributed by atoms with Gasteiger partial charge >= 0.3 is 12.1 Å². The van der Waals surface area contributed by atoms with E-state index in [-0.39, 0.29) is 39.3 Å². The van der Waals surface area contributed by atoms with Crippen LogP contribution in [0.2, 0.25) is 0 Å². The maximum atomic E-state index is 14.4. The van der Waals surface area contributed by atoms with E-state index in [1.807, 2.05) is 0 Å². The molecule has 1 saturated heterocycles. The Morgan fingerprint density at radius 1 is 1.21 bits per heavy atom. The van der Waals surface area contributed by atoms with Crippen LogP contribution in [-0.4, -0.2) is 76.5 Å². The number of aliphatic hydroxyl groups is 1. The van der Waals surface area contributed by atoms with E-state index in [4.69, 9.17) is 14.2 Å². The predicted octanol–water partition coefficient (Wildman–Crippen LogP) is 4.18. The van der Waals surface area contributed by atoms with E-state index in [1.54, 1.807) is 26.0 Å². The molecule has 2 aliphatic heterocycles. The minimum absolute atomic E-state index is 0.0109. The first kappa shape index (κ1) is 30.0. The zero-order chi connectivity index (χ0) is 30.4. The molecule has 2 heterocycles. The fourth-order valence-electron chi connectivity index (χ4n) is 5.80. The standard InChI is InChI=1S/C30H35FN2O8S/c1-30(2,36)20-11-13-32(16-20)12-5-6-18-14-21(31)7-10-25(18)42(37,38)33(29(35)40-4)24-9-8-22-23-15-19(23)17-41-27(22)26(24)28(34)39-3/h5-10,14,19-20,23,36H,11-13,15-17H2,1-4H3/b6-5-/t19-,20+,23-/m0/s1. The average molecular weight is 603 g/mol. The Balaban J connectivity index is 1.53. The smallest absolute Gasteiger partial charge is 0.428 e. The number of ether oxygens (including phenoxy) is 3. The van der Waals surface area contributed by atoms with Crippen LogP contribution in [0.15, 0.2) is 41.3 Å². The number of esters is 1. The van der Waals surface area contributed by atoms with Crippen molar-refractivity contribution in [1.29, 1.82) is 0 Å². The van der Waals surface area contributed by atoms with Gasteiger partial charge in [-0.3, -0.25) is 4.90 Å². The first-order valence-electron chi connectivity index (χ1n) is 13.8. The molecule has 5 rings (SSSR count). The number of nitrogens with zero attached hydrogens (tertiary/aromatic N) is 2. The number of halogens is 1. The lowest BCUT2D eigenvalue weighted by Crippen LogP contribution is -2.38. The highest BCUT2D eigenvalue weighted by Gasteiger charge is 2.47. The molecule has 2 aromatic rings. The van der Waals surface area contributed by atoms with Gasteiger partial charge in [0.2, 0.25) is 0 Å². The summed E-state index contributed by atoms with van der Waals surface area (Å²) >= 11 is 0. The topological polar surface area (TPSA) is 123 Å². The number of carbonyl (C=O) groups is 2. The van der Waals surface area contributed by atoms with Gasteiger partial charge in [0.05, 0.1) is 37.0 Å². The molecule has 1 aliphatic carbocycles. The summed E-state index contributed by atoms with van der Waals surface area (Å²) in [4.78, 5) is 27.9. The molecule has 10 nitrogen and oxygen atoms in total. The minimum Gasteiger partial charge on any atom is -0.492 e. The zero-order valence-electron chi connectivity index (χ0n) is 24.0. The molecular formula is C30H35FN2O8S. The Hall–Kier alpha value is -3.48. The molecule has 3 atom stereocenters. The molecule has 0 aromatic heterocycles. The number of methoxy groups -OCH3 is 2. The molecule has 0 unspecified atom stereocenters. The Morgan fingerprint density at radius 3 is 2.64 bits per heavy atom. The largest absolute Gasteiger partial charge is 0.492 e. The van der Waals surface area contributed by atoms with Crippen molar-refractivity contribution >= 4 is 33.8 Å². The molecule has 0 spiro atoms. The van der Waals surface area contributed by atoms with E-state index in [0.717, 1.165) is 57.4 Å². The molecule has 3 aliphatic rings. The summed E-state index contributed by atoms with van der Waals surface area (Å²) in [5.74, 6) is -0.768. The molecule has 1 amide bonds. The van der Waals surface area contributed by atoms with E-state index < -0.39 is 33.5 Å². The Labute approximate surface area is 244 Å². The van der Waals surface area contributed by atoms with E-state index in [0.29, 0.717) is 29.9 Å². The molecule has 2 fully saturated rings. The number of hydrogen-bond donors (Lipinski definition) is 1. The number of benzene rings is 2. The third-order valence-corrected chi connectivity index (χ3v) is 10.1. The van der Waals surface area contributed by atoms with Gasteiger partial charge in [0.25, 0.3) is 10.0 Å². The number of anilines is 1. The molecular weight excluding hydrogens is 567 g/mol. The van der Waals surface area contributed by atoms with Crippen molar-refractivity contribution in [3.63, 3.8) is 0 Å². The molecule has 2 aromatic carbocycles. The van der Waals surface area contributed by atoms with Crippen molar-refractivity contribution in [1.82, 2.24) is 4.90 Å². The quantitative estimate of drug-likeness (QED) is 0.444. The van der Waals surface area contributed by atoms with Crippen molar-refractivity contribution in [2.45, 2.75) is 43.1 Å². The van der Waals surface area contributed by atoms with Crippen molar-refractivity contribution in [3.05, 3.63) is 58.9 Å². The molecule has 1 N–H and O–H groups in total. The van der Waals surface area contributed by atoms with Crippen LogP contribution < -0.4 is 9.04 Å². The van der Waals surface area contributed by atoms with E-state index >= 15 is 0 Å². The number of fused-ring (bicyclic) bond motifs is 3. The first-order valence-corrected chi connectivity index (χ1v) is 15.2. The van der Waals surface area contributed by atoms with Crippen molar-refractivity contribution < 1.29 is 41.7 Å². The average Bonchev–Trinajstić information content (AvgIpc) is 3.59. The third kappa shape index (κ3) is 5.62. The van der Waals surface area contributed by atoms with Gasteiger partial charge in [0, 0.05) is 24.9 Å². The second-order valence-corrected chi connectivity index (χ2v) is 13.3. The van der Waals surface area contributed by atoms with Gasteiger partial charge < -0.3 is 19.3 Å². The fraction of sp³-hybridized carbons (Fsp3) is 0.467. The van der Waals surface area contributed by atoms with Crippen LogP contribution in [0.25, 0.3) is 6.08 Å². The van der Waals surface area contributed by atoms with E-state index in [2.05, 4.69) is 4.90 Å². The maximum absolute atomic E-state index is 14.4. The van der Waals surface area contributed by atoms with Gasteiger partial charge in [-0.15, -0.1) is 0 Å². The van der Waals surface area contributed by atoms with Crippen LogP contribution in [0.5, 0.6) is 5.75 Å². The number of sulfonamides is 1. The summed E-state index contributed by atoms with van der Waals surface area (Å²) in [5.41, 5.74) is -0.553. The number of amides is 1. The molecule has 42 heavy (non-hydrogen) atoms. The second kappa shape index (κ2) is 11.3. The van der Waals surface area contributed by atoms with Gasteiger partial charge in [-0.1, -0.05) is 18.2 Å². The van der Waals surface area contributed by atoms with Gasteiger partial charge in [-0.05, 0) is 74.5 Å². The van der Waals surface area contributed by atoms with Gasteiger partial charge in [-0.2, -0.15) is 4.31 Å². The molecule has 0 bridgehead atoms. The zero-order valence-corrected chi connectivity index (χ0v) is 24.8. The summed E-state index contributed by atoms with van der Waals surface area (Å²) in [6.45, 7) is 5.77. The Bertz CT molecular complexity index is 1530. The van der Waals surface area contributed by atoms with Gasteiger partial charge in [-0.25, -0.2) is 22.4 Å². The summed E-state index contributed by atoms with van der Waals surface area (Å²) < 4.78 is 58.8. The summed E-state index contributed by atoms with van der Waals surface area (Å²) in [7, 11) is -2.58. The Kier molecular flexibility index (Phi) is 8.08. The summed E-state index contributed by atoms with van der Waals surface area (Å²) in [6, 6.07) is 6.14. The van der Waals surface area contributed by atoms with Gasteiger partial charge in [0.1, 0.15) is 17.1 Å². The first-order chi connectivity index (χ1) is 19.9. The number of rotatable bonds is 8. The predicted molar refractivity (Wildman–Crippen MR) is 152 cm³/mol. The summed E-state index contributed by atoms with van der Waals surface area (Å²) in [6.07, 6.45) is 3.62. The highest BCUT2D eigenvalue weighted by Crippen LogP contribution is 2.56. The Morgan fingerprint density at radius 2 is 1.98 bits per heavy atom. The lowest BCUT2D eigenvalue weighted by atomic mass is 9.90. The number of hydrogen-bond acceptors (Lipinski definition) is 9. The maximum Gasteiger partial charge on any atom is 0.428 e. The SMILES string of the molecule is COC(=O)c1c(N(C(=O)OC)S(=O)(=O)c2ccc(F)cc2/C=C\CN2CC[C@@H](C(C)(C)O)C2)ccc2c1OC[C@@H]1C[C@H]21. The van der Waals surface area contributed by atoms with Crippen LogP contribution in [0.3, 0.4) is 0 Å². The third-order valence-electron chi connectivity index (χ3n) is 8.30. The highest BCUT2D eigenvalue weighted by molar-refractivity contribution is 7.93. The van der Waals surface area contributed by atoms with Crippen LogP contribution in [0.4, 0.5) is 14.9 Å². The van der Waals surface area contributed by atoms with Crippen molar-refractivity contribution in [2.75, 3.05) is 44.8 Å². The fourth-order valence-corrected chi connectivity index (χ4v) is 7.35. The van der Waals surface area contributed by atoms with Crippen LogP contribution >= 0.6 is 0 Å². The highest BCUT2D eigenvalue weighted by atomic mass is 32.2. The normalized spacial score (nSPS) is 21.8. The lowest BCUT2D eigenvalue weighted by molar-refractivity contribution is 0.0215. The molecule has 0 radical (unpaired) electrons. The molecule has 12 heteroatoms. The van der Waals surface area contributed by atoms with Crippen molar-refractivity contribution in [2.24, 2.45) is 11.8 Å². The number of carbonyl (C=O) groups excluding carboxylic acids is 2. The van der Waals surface area contributed by atoms with Crippen LogP contribution in [-0.2, 0) is 19.5 Å². The van der Waals surface area contributed by atoms with Crippen molar-refractivity contribution in [3.8, 4) is 5.75 Å². The monoisotopic (exact) mass is 602 g/mol. The van der Waals surface area contributed by atoms with Crippen LogP contribution in [0.1, 0.15) is 54.1 Å². The van der Waals surface area contributed by atoms with Crippen LogP contribution in [0, 0.1) is 17.7 Å². The van der Waals surface area contributed by atoms with E-state index in [1.165, 1.54) is 12.1 Å². The summed E-state index contributed by atoms with van der Waals surface area (Å²) in [5, 5.41) is 10.3. The second-order valence-electron chi connectivity index (χ2n) is 11.5. The van der Waals surface area contributed by atoms with E-state index in [9.17, 15) is 27.5 Å². The number of likely N-dealkylation sites (tertiary alicyclic amines) is 1. The minimum atomic E-state index is -4.75. The lowest BCUT2D eigenvalue weighted by Gasteiger charge is -2.27. The molecule has 1 saturated carbocycles.